The van der Waals surface area contributed by atoms with Crippen molar-refractivity contribution in [2.24, 2.45) is 0 Å². The lowest BCUT2D eigenvalue weighted by molar-refractivity contribution is -0.386. The van der Waals surface area contributed by atoms with Gasteiger partial charge in [0.15, 0.2) is 0 Å². The third kappa shape index (κ3) is 3.29. The zero-order valence-electron chi connectivity index (χ0n) is 10.4. The molecule has 0 fully saturated rings. The van der Waals surface area contributed by atoms with Gasteiger partial charge in [-0.05, 0) is 6.92 Å². The summed E-state index contributed by atoms with van der Waals surface area (Å²) in [4.78, 5) is 21.9. The van der Waals surface area contributed by atoms with E-state index in [9.17, 15) is 10.1 Å². The average Bonchev–Trinajstić information content (AvgIpc) is 2.39. The van der Waals surface area contributed by atoms with Crippen LogP contribution in [0.1, 0.15) is 6.92 Å². The highest BCUT2D eigenvalue weighted by molar-refractivity contribution is 6.30. The van der Waals surface area contributed by atoms with Crippen LogP contribution >= 0.6 is 11.6 Å². The molecule has 0 radical (unpaired) electrons. The van der Waals surface area contributed by atoms with Crippen molar-refractivity contribution in [2.75, 3.05) is 11.9 Å². The first-order valence-corrected chi connectivity index (χ1v) is 6.01. The van der Waals surface area contributed by atoms with Gasteiger partial charge in [-0.25, -0.2) is 4.98 Å². The number of hydrogen-bond acceptors (Lipinski definition) is 7. The average molecular weight is 296 g/mol. The number of nitro groups is 1. The van der Waals surface area contributed by atoms with Gasteiger partial charge < -0.3 is 10.1 Å². The minimum atomic E-state index is -0.622. The van der Waals surface area contributed by atoms with Crippen LogP contribution in [-0.2, 0) is 0 Å². The standard InChI is InChI=1S/C11H10ClN5O3/c1-2-14-11-15-6-9(17(18)19)10(16-11)20-8-3-7(12)4-13-5-8/h3-6H,2H2,1H3,(H,14,15,16). The highest BCUT2D eigenvalue weighted by Crippen LogP contribution is 2.29. The number of ether oxygens (including phenoxy) is 1. The van der Waals surface area contributed by atoms with Crippen LogP contribution < -0.4 is 10.1 Å². The first-order chi connectivity index (χ1) is 9.60. The second kappa shape index (κ2) is 6.11. The van der Waals surface area contributed by atoms with Crippen LogP contribution in [-0.4, -0.2) is 26.4 Å². The van der Waals surface area contributed by atoms with Gasteiger partial charge in [-0.15, -0.1) is 0 Å². The summed E-state index contributed by atoms with van der Waals surface area (Å²) in [5.74, 6) is 0.315. The number of anilines is 1. The minimum absolute atomic E-state index is 0.176. The largest absolute Gasteiger partial charge is 0.432 e. The third-order valence-corrected chi connectivity index (χ3v) is 2.37. The summed E-state index contributed by atoms with van der Waals surface area (Å²) in [6.45, 7) is 2.43. The van der Waals surface area contributed by atoms with Gasteiger partial charge in [0.25, 0.3) is 0 Å². The van der Waals surface area contributed by atoms with Gasteiger partial charge in [-0.2, -0.15) is 4.98 Å². The third-order valence-electron chi connectivity index (χ3n) is 2.16. The fourth-order valence-electron chi connectivity index (χ4n) is 1.36. The summed E-state index contributed by atoms with van der Waals surface area (Å²) in [7, 11) is 0. The molecule has 2 rings (SSSR count). The molecule has 2 heterocycles. The molecular weight excluding hydrogens is 286 g/mol. The second-order valence-electron chi connectivity index (χ2n) is 3.61. The summed E-state index contributed by atoms with van der Waals surface area (Å²) in [5.41, 5.74) is -0.341. The van der Waals surface area contributed by atoms with E-state index in [0.29, 0.717) is 11.6 Å². The minimum Gasteiger partial charge on any atom is -0.432 e. The maximum Gasteiger partial charge on any atom is 0.349 e. The number of nitrogens with one attached hydrogen (secondary N) is 1. The first-order valence-electron chi connectivity index (χ1n) is 5.64. The number of nitrogens with zero attached hydrogens (tertiary/aromatic N) is 4. The Balaban J connectivity index is 2.36. The van der Waals surface area contributed by atoms with Crippen LogP contribution in [0, 0.1) is 10.1 Å². The molecule has 20 heavy (non-hydrogen) atoms. The van der Waals surface area contributed by atoms with Crippen molar-refractivity contribution in [3.05, 3.63) is 39.8 Å². The molecular formula is C11H10ClN5O3. The zero-order chi connectivity index (χ0) is 14.5. The molecule has 8 nitrogen and oxygen atoms in total. The van der Waals surface area contributed by atoms with Gasteiger partial charge >= 0.3 is 11.6 Å². The summed E-state index contributed by atoms with van der Waals surface area (Å²) >= 11 is 5.77. The van der Waals surface area contributed by atoms with Gasteiger partial charge in [0.1, 0.15) is 11.9 Å². The van der Waals surface area contributed by atoms with Gasteiger partial charge in [0.2, 0.25) is 5.95 Å². The summed E-state index contributed by atoms with van der Waals surface area (Å²) in [6, 6.07) is 1.48. The number of pyridine rings is 1. The van der Waals surface area contributed by atoms with Gasteiger partial charge in [-0.3, -0.25) is 15.1 Å². The molecule has 0 aliphatic heterocycles. The van der Waals surface area contributed by atoms with Crippen molar-refractivity contribution in [2.45, 2.75) is 6.92 Å². The quantitative estimate of drug-likeness (QED) is 0.668. The molecule has 0 amide bonds. The van der Waals surface area contributed by atoms with Gasteiger partial charge in [0, 0.05) is 18.8 Å². The summed E-state index contributed by atoms with van der Waals surface area (Å²) < 4.78 is 5.36. The van der Waals surface area contributed by atoms with E-state index in [4.69, 9.17) is 16.3 Å². The molecule has 0 aliphatic rings. The first kappa shape index (κ1) is 13.9. The van der Waals surface area contributed by atoms with E-state index in [-0.39, 0.29) is 23.3 Å². The van der Waals surface area contributed by atoms with Crippen molar-refractivity contribution in [1.29, 1.82) is 0 Å². The lowest BCUT2D eigenvalue weighted by atomic mass is 10.4. The normalized spacial score (nSPS) is 10.1. The van der Waals surface area contributed by atoms with E-state index in [0.717, 1.165) is 6.20 Å². The molecule has 0 spiro atoms. The highest BCUT2D eigenvalue weighted by atomic mass is 35.5. The zero-order valence-corrected chi connectivity index (χ0v) is 11.2. The smallest absolute Gasteiger partial charge is 0.349 e. The number of aromatic nitrogens is 3. The maximum atomic E-state index is 10.9. The predicted octanol–water partition coefficient (Wildman–Crippen LogP) is 2.66. The number of hydrogen-bond donors (Lipinski definition) is 1. The Kier molecular flexibility index (Phi) is 4.26. The Hall–Kier alpha value is -2.48. The van der Waals surface area contributed by atoms with E-state index < -0.39 is 4.92 Å². The molecule has 0 aromatic carbocycles. The Morgan fingerprint density at radius 3 is 2.90 bits per heavy atom. The molecule has 104 valence electrons. The monoisotopic (exact) mass is 295 g/mol. The number of halogens is 1. The van der Waals surface area contributed by atoms with Crippen LogP contribution in [0.25, 0.3) is 0 Å². The lowest BCUT2D eigenvalue weighted by Crippen LogP contribution is -2.05. The molecule has 0 atom stereocenters. The van der Waals surface area contributed by atoms with Crippen LogP contribution in [0.2, 0.25) is 5.02 Å². The van der Waals surface area contributed by atoms with E-state index in [1.54, 1.807) is 0 Å². The van der Waals surface area contributed by atoms with Crippen LogP contribution in [0.4, 0.5) is 11.6 Å². The Morgan fingerprint density at radius 2 is 2.25 bits per heavy atom. The summed E-state index contributed by atoms with van der Waals surface area (Å²) in [6.07, 6.45) is 3.88. The van der Waals surface area contributed by atoms with E-state index in [1.165, 1.54) is 18.5 Å². The molecule has 0 saturated carbocycles. The fraction of sp³-hybridized carbons (Fsp3) is 0.182. The Labute approximate surface area is 118 Å². The fourth-order valence-corrected chi connectivity index (χ4v) is 1.53. The van der Waals surface area contributed by atoms with Gasteiger partial charge in [-0.1, -0.05) is 11.6 Å². The number of rotatable bonds is 5. The van der Waals surface area contributed by atoms with Crippen LogP contribution in [0.5, 0.6) is 11.6 Å². The lowest BCUT2D eigenvalue weighted by Gasteiger charge is -2.07. The van der Waals surface area contributed by atoms with Gasteiger partial charge in [0.05, 0.1) is 16.1 Å². The molecule has 0 bridgehead atoms. The molecule has 9 heteroatoms. The molecule has 2 aromatic rings. The Morgan fingerprint density at radius 1 is 1.45 bits per heavy atom. The Bertz CT molecular complexity index is 637. The van der Waals surface area contributed by atoms with E-state index in [1.807, 2.05) is 6.92 Å². The molecule has 0 saturated heterocycles. The van der Waals surface area contributed by atoms with Crippen molar-refractivity contribution in [1.82, 2.24) is 15.0 Å². The van der Waals surface area contributed by atoms with Crippen LogP contribution in [0.15, 0.2) is 24.7 Å². The SMILES string of the molecule is CCNc1ncc([N+](=O)[O-])c(Oc2cncc(Cl)c2)n1. The molecule has 2 aromatic heterocycles. The predicted molar refractivity (Wildman–Crippen MR) is 72.2 cm³/mol. The van der Waals surface area contributed by atoms with E-state index in [2.05, 4.69) is 20.3 Å². The van der Waals surface area contributed by atoms with Crippen molar-refractivity contribution in [3.8, 4) is 11.6 Å². The maximum absolute atomic E-state index is 10.9. The topological polar surface area (TPSA) is 103 Å². The summed E-state index contributed by atoms with van der Waals surface area (Å²) in [5, 5.41) is 14.1. The van der Waals surface area contributed by atoms with Crippen molar-refractivity contribution < 1.29 is 9.66 Å². The highest BCUT2D eigenvalue weighted by Gasteiger charge is 2.19. The van der Waals surface area contributed by atoms with Crippen molar-refractivity contribution in [3.63, 3.8) is 0 Å². The molecule has 1 N–H and O–H groups in total. The van der Waals surface area contributed by atoms with Crippen LogP contribution in [0.3, 0.4) is 0 Å². The molecule has 0 aliphatic carbocycles. The van der Waals surface area contributed by atoms with E-state index >= 15 is 0 Å². The molecule has 0 unspecified atom stereocenters. The second-order valence-corrected chi connectivity index (χ2v) is 4.05. The van der Waals surface area contributed by atoms with Crippen molar-refractivity contribution >= 4 is 23.2 Å².